The maximum absolute atomic E-state index is 13.0. The molecule has 8 heteroatoms. The molecule has 1 amide bonds. The quantitative estimate of drug-likeness (QED) is 0.441. The molecule has 7 nitrogen and oxygen atoms in total. The zero-order valence-corrected chi connectivity index (χ0v) is 22.5. The Balaban J connectivity index is 1.33. The Morgan fingerprint density at radius 2 is 1.73 bits per heavy atom. The lowest BCUT2D eigenvalue weighted by Crippen LogP contribution is -2.39. The van der Waals surface area contributed by atoms with E-state index >= 15 is 0 Å². The minimum Gasteiger partial charge on any atom is -0.369 e. The summed E-state index contributed by atoms with van der Waals surface area (Å²) < 4.78 is 27.7. The van der Waals surface area contributed by atoms with Gasteiger partial charge in [-0.3, -0.25) is 4.79 Å². The molecule has 0 radical (unpaired) electrons. The number of rotatable bonds is 9. The number of nitrogens with one attached hydrogen (secondary N) is 1. The molecular weight excluding hydrogens is 484 g/mol. The van der Waals surface area contributed by atoms with E-state index in [1.165, 1.54) is 24.0 Å². The number of aromatic nitrogens is 1. The number of aryl methyl sites for hydroxylation is 1. The molecule has 0 atom stereocenters. The summed E-state index contributed by atoms with van der Waals surface area (Å²) in [6, 6.07) is 12.6. The molecule has 198 valence electrons. The number of hydrogen-bond donors (Lipinski definition) is 2. The molecule has 0 unspecified atom stereocenters. The maximum atomic E-state index is 13.0. The molecule has 2 aromatic carbocycles. The van der Waals surface area contributed by atoms with Gasteiger partial charge in [-0.05, 0) is 99.0 Å². The molecule has 3 aromatic rings. The van der Waals surface area contributed by atoms with Gasteiger partial charge < -0.3 is 15.6 Å². The first-order valence-electron chi connectivity index (χ1n) is 13.5. The average molecular weight is 523 g/mol. The van der Waals surface area contributed by atoms with E-state index in [2.05, 4.69) is 53.2 Å². The van der Waals surface area contributed by atoms with E-state index in [0.29, 0.717) is 19.5 Å². The standard InChI is InChI=1S/C29H38N4O3S/c1-21-5-7-22(8-6-21)24-17-25(19-28(30)34)29-26(18-24)27(20-31-29)23-9-14-33(15-10-23)37(35,36)16-4-13-32-11-2-3-12-32/h5-8,17-18,20,23,31H,2-4,9-16,19H2,1H3,(H2,30,34). The number of amides is 1. The van der Waals surface area contributed by atoms with E-state index in [9.17, 15) is 13.2 Å². The fraction of sp³-hybridized carbons (Fsp3) is 0.483. The van der Waals surface area contributed by atoms with Crippen molar-refractivity contribution in [3.63, 3.8) is 0 Å². The van der Waals surface area contributed by atoms with Gasteiger partial charge in [0.05, 0.1) is 12.2 Å². The zero-order valence-electron chi connectivity index (χ0n) is 21.7. The van der Waals surface area contributed by atoms with Crippen molar-refractivity contribution in [3.8, 4) is 11.1 Å². The molecule has 0 aliphatic carbocycles. The van der Waals surface area contributed by atoms with E-state index in [1.54, 1.807) is 4.31 Å². The summed E-state index contributed by atoms with van der Waals surface area (Å²) in [7, 11) is -3.23. The highest BCUT2D eigenvalue weighted by atomic mass is 32.2. The van der Waals surface area contributed by atoms with Crippen LogP contribution in [-0.2, 0) is 21.2 Å². The highest BCUT2D eigenvalue weighted by Crippen LogP contribution is 2.37. The van der Waals surface area contributed by atoms with Crippen LogP contribution in [0.15, 0.2) is 42.6 Å². The number of likely N-dealkylation sites (tertiary alicyclic amines) is 1. The summed E-state index contributed by atoms with van der Waals surface area (Å²) in [4.78, 5) is 17.6. The summed E-state index contributed by atoms with van der Waals surface area (Å²) in [5, 5.41) is 1.10. The Kier molecular flexibility index (Phi) is 7.70. The normalized spacial score (nSPS) is 18.1. The van der Waals surface area contributed by atoms with Crippen LogP contribution in [0.25, 0.3) is 22.0 Å². The number of aromatic amines is 1. The maximum Gasteiger partial charge on any atom is 0.221 e. The second-order valence-corrected chi connectivity index (χ2v) is 12.8. The smallest absolute Gasteiger partial charge is 0.221 e. The lowest BCUT2D eigenvalue weighted by atomic mass is 9.88. The second-order valence-electron chi connectivity index (χ2n) is 10.7. The number of fused-ring (bicyclic) bond motifs is 1. The molecule has 5 rings (SSSR count). The number of primary amides is 1. The van der Waals surface area contributed by atoms with Crippen molar-refractivity contribution in [1.29, 1.82) is 0 Å². The molecule has 3 N–H and O–H groups in total. The first kappa shape index (κ1) is 25.9. The largest absolute Gasteiger partial charge is 0.369 e. The zero-order chi connectivity index (χ0) is 26.0. The van der Waals surface area contributed by atoms with Gasteiger partial charge in [-0.1, -0.05) is 29.8 Å². The fourth-order valence-electron chi connectivity index (χ4n) is 5.96. The molecule has 2 fully saturated rings. The number of nitrogens with zero attached hydrogens (tertiary/aromatic N) is 2. The van der Waals surface area contributed by atoms with Crippen molar-refractivity contribution in [2.24, 2.45) is 5.73 Å². The minimum absolute atomic E-state index is 0.171. The van der Waals surface area contributed by atoms with Crippen LogP contribution in [0.4, 0.5) is 0 Å². The monoisotopic (exact) mass is 522 g/mol. The van der Waals surface area contributed by atoms with Gasteiger partial charge in [0.25, 0.3) is 0 Å². The predicted molar refractivity (Wildman–Crippen MR) is 149 cm³/mol. The third-order valence-electron chi connectivity index (χ3n) is 8.02. The number of carbonyl (C=O) groups is 1. The molecule has 0 bridgehead atoms. The molecule has 1 aromatic heterocycles. The Labute approximate surface area is 220 Å². The van der Waals surface area contributed by atoms with Crippen LogP contribution in [0.2, 0.25) is 0 Å². The number of nitrogens with two attached hydrogens (primary N) is 1. The topological polar surface area (TPSA) is 99.5 Å². The Morgan fingerprint density at radius 1 is 1.03 bits per heavy atom. The van der Waals surface area contributed by atoms with Crippen molar-refractivity contribution in [2.45, 2.75) is 51.4 Å². The van der Waals surface area contributed by atoms with Crippen LogP contribution in [0, 0.1) is 6.92 Å². The third-order valence-corrected chi connectivity index (χ3v) is 9.97. The van der Waals surface area contributed by atoms with E-state index in [-0.39, 0.29) is 24.0 Å². The lowest BCUT2D eigenvalue weighted by Gasteiger charge is -2.31. The van der Waals surface area contributed by atoms with Crippen molar-refractivity contribution < 1.29 is 13.2 Å². The van der Waals surface area contributed by atoms with E-state index < -0.39 is 10.0 Å². The van der Waals surface area contributed by atoms with Crippen molar-refractivity contribution >= 4 is 26.8 Å². The van der Waals surface area contributed by atoms with Gasteiger partial charge in [0.15, 0.2) is 0 Å². The highest BCUT2D eigenvalue weighted by molar-refractivity contribution is 7.89. The molecule has 0 saturated carbocycles. The second kappa shape index (κ2) is 11.0. The number of hydrogen-bond acceptors (Lipinski definition) is 4. The average Bonchev–Trinajstić information content (AvgIpc) is 3.54. The number of carbonyl (C=O) groups excluding carboxylic acids is 1. The number of H-pyrrole nitrogens is 1. The first-order valence-corrected chi connectivity index (χ1v) is 15.1. The molecule has 2 aliphatic heterocycles. The van der Waals surface area contributed by atoms with Gasteiger partial charge >= 0.3 is 0 Å². The van der Waals surface area contributed by atoms with Crippen LogP contribution >= 0.6 is 0 Å². The Bertz CT molecular complexity index is 1350. The van der Waals surface area contributed by atoms with E-state index in [0.717, 1.165) is 60.1 Å². The fourth-order valence-corrected chi connectivity index (χ4v) is 7.48. The van der Waals surface area contributed by atoms with Crippen LogP contribution in [0.3, 0.4) is 0 Å². The number of piperidine rings is 1. The molecule has 2 aliphatic rings. The van der Waals surface area contributed by atoms with Crippen LogP contribution in [-0.4, -0.2) is 67.0 Å². The van der Waals surface area contributed by atoms with Crippen molar-refractivity contribution in [3.05, 3.63) is 59.3 Å². The third kappa shape index (κ3) is 5.92. The van der Waals surface area contributed by atoms with Gasteiger partial charge in [0, 0.05) is 30.2 Å². The molecule has 37 heavy (non-hydrogen) atoms. The number of sulfonamides is 1. The van der Waals surface area contributed by atoms with Gasteiger partial charge in [0.2, 0.25) is 15.9 Å². The van der Waals surface area contributed by atoms with Gasteiger partial charge in [-0.2, -0.15) is 0 Å². The Morgan fingerprint density at radius 3 is 2.41 bits per heavy atom. The predicted octanol–water partition coefficient (Wildman–Crippen LogP) is 4.17. The summed E-state index contributed by atoms with van der Waals surface area (Å²) in [6.45, 7) is 6.24. The molecular formula is C29H38N4O3S. The van der Waals surface area contributed by atoms with Crippen LogP contribution in [0.1, 0.15) is 54.7 Å². The molecule has 0 spiro atoms. The number of benzene rings is 2. The molecule has 2 saturated heterocycles. The minimum atomic E-state index is -3.23. The highest BCUT2D eigenvalue weighted by Gasteiger charge is 2.30. The van der Waals surface area contributed by atoms with Crippen LogP contribution < -0.4 is 5.73 Å². The molecule has 3 heterocycles. The van der Waals surface area contributed by atoms with Crippen LogP contribution in [0.5, 0.6) is 0 Å². The first-order chi connectivity index (χ1) is 17.8. The lowest BCUT2D eigenvalue weighted by molar-refractivity contribution is -0.117. The summed E-state index contributed by atoms with van der Waals surface area (Å²) in [5.41, 5.74) is 12.0. The Hall–Kier alpha value is -2.68. The van der Waals surface area contributed by atoms with Gasteiger partial charge in [-0.15, -0.1) is 0 Å². The van der Waals surface area contributed by atoms with Crippen molar-refractivity contribution in [2.75, 3.05) is 38.5 Å². The SMILES string of the molecule is Cc1ccc(-c2cc(CC(N)=O)c3[nH]cc(C4CCN(S(=O)(=O)CCCN5CCCC5)CC4)c3c2)cc1. The summed E-state index contributed by atoms with van der Waals surface area (Å²) >= 11 is 0. The van der Waals surface area contributed by atoms with E-state index in [4.69, 9.17) is 5.73 Å². The van der Waals surface area contributed by atoms with Crippen molar-refractivity contribution in [1.82, 2.24) is 14.2 Å². The summed E-state index contributed by atoms with van der Waals surface area (Å²) in [6.07, 6.45) is 6.95. The van der Waals surface area contributed by atoms with Gasteiger partial charge in [-0.25, -0.2) is 12.7 Å². The van der Waals surface area contributed by atoms with Gasteiger partial charge in [0.1, 0.15) is 0 Å². The summed E-state index contributed by atoms with van der Waals surface area (Å²) in [5.74, 6) is 0.138. The van der Waals surface area contributed by atoms with E-state index in [1.807, 2.05) is 6.20 Å².